The molecule has 34 heavy (non-hydrogen) atoms. The molecule has 2 aromatic carbocycles. The van der Waals surface area contributed by atoms with Crippen LogP contribution >= 0.6 is 0 Å². The lowest BCUT2D eigenvalue weighted by atomic mass is 10.0. The summed E-state index contributed by atoms with van der Waals surface area (Å²) in [5, 5.41) is 1.89. The predicted molar refractivity (Wildman–Crippen MR) is 124 cm³/mol. The number of hydrogen-bond acceptors (Lipinski definition) is 8. The molecule has 0 radical (unpaired) electrons. The van der Waals surface area contributed by atoms with Crippen molar-refractivity contribution >= 4 is 10.1 Å². The van der Waals surface area contributed by atoms with E-state index in [0.717, 1.165) is 17.4 Å². The van der Waals surface area contributed by atoms with Crippen molar-refractivity contribution in [3.63, 3.8) is 0 Å². The second-order valence-corrected chi connectivity index (χ2v) is 11.2. The van der Waals surface area contributed by atoms with Crippen molar-refractivity contribution < 1.29 is 31.6 Å². The number of nitrogens with zero attached hydrogens (tertiary/aromatic N) is 1. The zero-order valence-electron chi connectivity index (χ0n) is 19.6. The molecular weight excluding hydrogens is 458 g/mol. The van der Waals surface area contributed by atoms with Gasteiger partial charge in [-0.2, -0.15) is 13.5 Å². The molecule has 9 heteroatoms. The van der Waals surface area contributed by atoms with Gasteiger partial charge < -0.3 is 14.2 Å². The summed E-state index contributed by atoms with van der Waals surface area (Å²) in [7, 11) is -3.76. The fourth-order valence-electron chi connectivity index (χ4n) is 5.11. The van der Waals surface area contributed by atoms with Crippen LogP contribution in [-0.4, -0.2) is 62.1 Å². The lowest BCUT2D eigenvalue weighted by molar-refractivity contribution is -0.234. The molecule has 6 atom stereocenters. The van der Waals surface area contributed by atoms with Crippen LogP contribution in [0.5, 0.6) is 0 Å². The molecule has 3 aliphatic rings. The van der Waals surface area contributed by atoms with Gasteiger partial charge in [-0.05, 0) is 31.4 Å². The lowest BCUT2D eigenvalue weighted by Crippen LogP contribution is -2.54. The minimum absolute atomic E-state index is 0.174. The first kappa shape index (κ1) is 23.9. The Hall–Kier alpha value is -1.85. The molecule has 1 saturated carbocycles. The number of hydroxylamine groups is 2. The van der Waals surface area contributed by atoms with Crippen molar-refractivity contribution in [2.75, 3.05) is 6.26 Å². The van der Waals surface area contributed by atoms with Gasteiger partial charge in [-0.1, -0.05) is 60.7 Å². The lowest BCUT2D eigenvalue weighted by Gasteiger charge is -2.37. The van der Waals surface area contributed by atoms with E-state index in [9.17, 15) is 8.42 Å². The minimum Gasteiger partial charge on any atom is -0.369 e. The molecule has 3 fully saturated rings. The van der Waals surface area contributed by atoms with Crippen molar-refractivity contribution in [3.8, 4) is 0 Å². The van der Waals surface area contributed by atoms with Crippen LogP contribution in [0.25, 0.3) is 0 Å². The third-order valence-corrected chi connectivity index (χ3v) is 7.00. The number of ether oxygens (including phenoxy) is 3. The molecule has 2 aliphatic heterocycles. The summed E-state index contributed by atoms with van der Waals surface area (Å²) in [6.07, 6.45) is -1.39. The summed E-state index contributed by atoms with van der Waals surface area (Å²) in [6, 6.07) is 19.7. The van der Waals surface area contributed by atoms with Crippen LogP contribution < -0.4 is 0 Å². The summed E-state index contributed by atoms with van der Waals surface area (Å²) < 4.78 is 48.9. The second kappa shape index (κ2) is 9.31. The summed E-state index contributed by atoms with van der Waals surface area (Å²) in [4.78, 5) is 6.31. The highest BCUT2D eigenvalue weighted by molar-refractivity contribution is 7.86. The van der Waals surface area contributed by atoms with Gasteiger partial charge in [0.25, 0.3) is 10.1 Å². The van der Waals surface area contributed by atoms with Crippen LogP contribution in [0.15, 0.2) is 60.7 Å². The zero-order valence-corrected chi connectivity index (χ0v) is 20.4. The van der Waals surface area contributed by atoms with Crippen LogP contribution in [0.3, 0.4) is 0 Å². The van der Waals surface area contributed by atoms with E-state index >= 15 is 0 Å². The molecule has 2 saturated heterocycles. The average Bonchev–Trinajstić information content (AvgIpc) is 3.31. The van der Waals surface area contributed by atoms with Crippen LogP contribution in [-0.2, 0) is 46.5 Å². The molecule has 0 amide bonds. The smallest absolute Gasteiger partial charge is 0.264 e. The number of hydrogen-bond donors (Lipinski definition) is 0. The molecule has 0 spiro atoms. The highest BCUT2D eigenvalue weighted by Crippen LogP contribution is 2.44. The number of benzene rings is 2. The third kappa shape index (κ3) is 5.21. The third-order valence-electron chi connectivity index (χ3n) is 6.42. The largest absolute Gasteiger partial charge is 0.369 e. The zero-order chi connectivity index (χ0) is 23.9. The maximum absolute atomic E-state index is 12.2. The Morgan fingerprint density at radius 3 is 2.15 bits per heavy atom. The van der Waals surface area contributed by atoms with Crippen molar-refractivity contribution in [2.24, 2.45) is 0 Å². The van der Waals surface area contributed by atoms with Crippen LogP contribution in [0.2, 0.25) is 0 Å². The van der Waals surface area contributed by atoms with Gasteiger partial charge in [0.2, 0.25) is 0 Å². The minimum atomic E-state index is -3.76. The number of fused-ring (bicyclic) bond motifs is 3. The Labute approximate surface area is 200 Å². The molecule has 2 aromatic rings. The van der Waals surface area contributed by atoms with Gasteiger partial charge in [-0.3, -0.25) is 9.02 Å². The van der Waals surface area contributed by atoms with Gasteiger partial charge in [-0.25, -0.2) is 0 Å². The SMILES string of the molecule is CC1(C)O[C@@H]2[C@@H](O1)[C@H](OCc1ccccc1)[C@@H]1C[C@@H](ON1Cc1ccccc1)[C@@H]2OS(C)(=O)=O. The van der Waals surface area contributed by atoms with E-state index in [4.69, 9.17) is 23.2 Å². The van der Waals surface area contributed by atoms with Crippen molar-refractivity contribution in [3.05, 3.63) is 71.8 Å². The highest BCUT2D eigenvalue weighted by Gasteiger charge is 2.60. The molecule has 2 bridgehead atoms. The summed E-state index contributed by atoms with van der Waals surface area (Å²) in [5.74, 6) is -0.913. The van der Waals surface area contributed by atoms with E-state index in [0.29, 0.717) is 19.6 Å². The van der Waals surface area contributed by atoms with Gasteiger partial charge in [0, 0.05) is 6.54 Å². The maximum Gasteiger partial charge on any atom is 0.264 e. The first-order valence-corrected chi connectivity index (χ1v) is 13.4. The van der Waals surface area contributed by atoms with E-state index in [1.165, 1.54) is 0 Å². The van der Waals surface area contributed by atoms with Crippen molar-refractivity contribution in [2.45, 2.75) is 75.8 Å². The summed E-state index contributed by atoms with van der Waals surface area (Å²) in [6.45, 7) is 4.55. The fraction of sp³-hybridized carbons (Fsp3) is 0.520. The summed E-state index contributed by atoms with van der Waals surface area (Å²) in [5.41, 5.74) is 2.12. The van der Waals surface area contributed by atoms with E-state index in [1.807, 2.05) is 79.6 Å². The Kier molecular flexibility index (Phi) is 6.54. The van der Waals surface area contributed by atoms with E-state index in [-0.39, 0.29) is 6.04 Å². The molecule has 2 heterocycles. The van der Waals surface area contributed by atoms with E-state index < -0.39 is 46.4 Å². The average molecular weight is 490 g/mol. The Morgan fingerprint density at radius 2 is 1.53 bits per heavy atom. The molecule has 1 aliphatic carbocycles. The molecular formula is C25H31NO7S. The topological polar surface area (TPSA) is 83.5 Å². The summed E-state index contributed by atoms with van der Waals surface area (Å²) >= 11 is 0. The number of rotatable bonds is 7. The monoisotopic (exact) mass is 489 g/mol. The van der Waals surface area contributed by atoms with Crippen molar-refractivity contribution in [1.29, 1.82) is 0 Å². The van der Waals surface area contributed by atoms with Gasteiger partial charge in [-0.15, -0.1) is 0 Å². The first-order chi connectivity index (χ1) is 16.2. The van der Waals surface area contributed by atoms with E-state index in [2.05, 4.69) is 0 Å². The molecule has 0 aromatic heterocycles. The van der Waals surface area contributed by atoms with Gasteiger partial charge in [0.1, 0.15) is 30.5 Å². The Morgan fingerprint density at radius 1 is 0.941 bits per heavy atom. The normalized spacial score (nSPS) is 32.9. The maximum atomic E-state index is 12.2. The molecule has 0 N–H and O–H groups in total. The quantitative estimate of drug-likeness (QED) is 0.549. The van der Waals surface area contributed by atoms with Crippen LogP contribution in [0.1, 0.15) is 31.4 Å². The first-order valence-electron chi connectivity index (χ1n) is 11.6. The fourth-order valence-corrected chi connectivity index (χ4v) is 5.74. The van der Waals surface area contributed by atoms with Crippen LogP contribution in [0, 0.1) is 0 Å². The molecule has 5 rings (SSSR count). The van der Waals surface area contributed by atoms with Crippen LogP contribution in [0.4, 0.5) is 0 Å². The van der Waals surface area contributed by atoms with E-state index in [1.54, 1.807) is 0 Å². The molecule has 8 nitrogen and oxygen atoms in total. The van der Waals surface area contributed by atoms with Gasteiger partial charge in [0.15, 0.2) is 5.79 Å². The predicted octanol–water partition coefficient (Wildman–Crippen LogP) is 3.03. The molecule has 0 unspecified atom stereocenters. The standard InChI is InChI=1S/C25H31NO7S/c1-25(2)30-23-21(29-16-18-12-8-5-9-13-18)19-14-20(22(24(23)31-25)33-34(3,27)28)32-26(19)15-17-10-6-4-7-11-17/h4-13,19-24H,14-16H2,1-3H3/t19-,20+,21+,22-,23-,24-/m0/s1. The van der Waals surface area contributed by atoms with Crippen molar-refractivity contribution in [1.82, 2.24) is 5.06 Å². The Balaban J connectivity index is 1.48. The van der Waals surface area contributed by atoms with Gasteiger partial charge in [0.05, 0.1) is 18.9 Å². The van der Waals surface area contributed by atoms with Gasteiger partial charge >= 0.3 is 0 Å². The molecule has 184 valence electrons. The Bertz CT molecular complexity index is 1080. The second-order valence-electron chi connectivity index (χ2n) is 9.60. The highest BCUT2D eigenvalue weighted by atomic mass is 32.2.